The van der Waals surface area contributed by atoms with E-state index in [1.165, 1.54) is 5.57 Å². The maximum atomic E-state index is 5.59. The summed E-state index contributed by atoms with van der Waals surface area (Å²) in [4.78, 5) is 0. The lowest BCUT2D eigenvalue weighted by molar-refractivity contribution is 0.0432. The van der Waals surface area contributed by atoms with Gasteiger partial charge < -0.3 is 9.15 Å². The molecule has 0 saturated carbocycles. The Morgan fingerprint density at radius 1 is 1.53 bits per heavy atom. The minimum Gasteiger partial charge on any atom is -0.465 e. The molecule has 2 heteroatoms. The Bertz CT molecular complexity index is 373. The third kappa shape index (κ3) is 2.21. The van der Waals surface area contributed by atoms with Crippen LogP contribution in [0.15, 0.2) is 40.5 Å². The van der Waals surface area contributed by atoms with Crippen LogP contribution in [-0.2, 0) is 4.74 Å². The summed E-state index contributed by atoms with van der Waals surface area (Å²) in [5.41, 5.74) is 1.23. The van der Waals surface area contributed by atoms with Gasteiger partial charge in [0.2, 0.25) is 0 Å². The highest BCUT2D eigenvalue weighted by atomic mass is 16.5. The average molecular weight is 204 g/mol. The highest BCUT2D eigenvalue weighted by Gasteiger charge is 2.30. The molecule has 2 nitrogen and oxygen atoms in total. The maximum absolute atomic E-state index is 5.59. The van der Waals surface area contributed by atoms with Crippen molar-refractivity contribution >= 4 is 6.08 Å². The van der Waals surface area contributed by atoms with Crippen LogP contribution in [-0.4, -0.2) is 12.7 Å². The van der Waals surface area contributed by atoms with Crippen molar-refractivity contribution in [3.8, 4) is 0 Å². The average Bonchev–Trinajstić information content (AvgIpc) is 2.85. The molecular weight excluding hydrogens is 188 g/mol. The van der Waals surface area contributed by atoms with Gasteiger partial charge in [0.05, 0.1) is 11.9 Å². The Balaban J connectivity index is 2.10. The quantitative estimate of drug-likeness (QED) is 0.704. The van der Waals surface area contributed by atoms with Crippen LogP contribution in [0.2, 0.25) is 0 Å². The summed E-state index contributed by atoms with van der Waals surface area (Å²) in [6.45, 7) is 2.14. The van der Waals surface area contributed by atoms with Crippen LogP contribution >= 0.6 is 0 Å². The lowest BCUT2D eigenvalue weighted by atomic mass is 9.99. The van der Waals surface area contributed by atoms with E-state index in [0.717, 1.165) is 18.6 Å². The molecule has 2 rings (SSSR count). The van der Waals surface area contributed by atoms with Crippen LogP contribution in [0.3, 0.4) is 0 Å². The van der Waals surface area contributed by atoms with Crippen LogP contribution in [0.4, 0.5) is 0 Å². The summed E-state index contributed by atoms with van der Waals surface area (Å²) >= 11 is 0. The number of methoxy groups -OCH3 is 1. The summed E-state index contributed by atoms with van der Waals surface area (Å²) in [5, 5.41) is 0. The number of rotatable bonds is 3. The smallest absolute Gasteiger partial charge is 0.126 e. The summed E-state index contributed by atoms with van der Waals surface area (Å²) in [5.74, 6) is 0.871. The minimum absolute atomic E-state index is 0.156. The third-order valence-corrected chi connectivity index (χ3v) is 2.88. The molecule has 15 heavy (non-hydrogen) atoms. The molecule has 0 N–H and O–H groups in total. The van der Waals surface area contributed by atoms with Gasteiger partial charge in [0.1, 0.15) is 5.76 Å². The highest BCUT2D eigenvalue weighted by molar-refractivity contribution is 5.45. The lowest BCUT2D eigenvalue weighted by Crippen LogP contribution is -2.24. The van der Waals surface area contributed by atoms with Gasteiger partial charge >= 0.3 is 0 Å². The molecule has 1 heterocycles. The SMILES string of the molecule is COC1(/C=C/c2ccco2)CC=C(C)C1. The highest BCUT2D eigenvalue weighted by Crippen LogP contribution is 2.33. The van der Waals surface area contributed by atoms with Crippen molar-refractivity contribution in [2.75, 3.05) is 7.11 Å². The summed E-state index contributed by atoms with van der Waals surface area (Å²) in [6, 6.07) is 3.83. The van der Waals surface area contributed by atoms with Gasteiger partial charge in [0, 0.05) is 13.5 Å². The largest absolute Gasteiger partial charge is 0.465 e. The molecule has 0 radical (unpaired) electrons. The van der Waals surface area contributed by atoms with Gasteiger partial charge in [0.25, 0.3) is 0 Å². The Hall–Kier alpha value is -1.28. The van der Waals surface area contributed by atoms with Crippen molar-refractivity contribution in [2.24, 2.45) is 0 Å². The molecule has 1 aliphatic carbocycles. The van der Waals surface area contributed by atoms with Crippen LogP contribution in [0.1, 0.15) is 25.5 Å². The van der Waals surface area contributed by atoms with E-state index in [1.807, 2.05) is 18.2 Å². The molecule has 0 saturated heterocycles. The van der Waals surface area contributed by atoms with Crippen molar-refractivity contribution < 1.29 is 9.15 Å². The molecule has 0 spiro atoms. The first-order valence-corrected chi connectivity index (χ1v) is 5.18. The van der Waals surface area contributed by atoms with E-state index < -0.39 is 0 Å². The molecule has 1 aromatic heterocycles. The van der Waals surface area contributed by atoms with Gasteiger partial charge in [-0.3, -0.25) is 0 Å². The van der Waals surface area contributed by atoms with Crippen molar-refractivity contribution in [3.05, 3.63) is 41.9 Å². The van der Waals surface area contributed by atoms with Crippen molar-refractivity contribution in [2.45, 2.75) is 25.4 Å². The van der Waals surface area contributed by atoms with Crippen molar-refractivity contribution in [1.82, 2.24) is 0 Å². The van der Waals surface area contributed by atoms with E-state index in [0.29, 0.717) is 0 Å². The second-order valence-corrected chi connectivity index (χ2v) is 4.05. The van der Waals surface area contributed by atoms with Gasteiger partial charge in [-0.05, 0) is 37.6 Å². The van der Waals surface area contributed by atoms with Crippen molar-refractivity contribution in [3.63, 3.8) is 0 Å². The predicted octanol–water partition coefficient (Wildman–Crippen LogP) is 3.42. The standard InChI is InChI=1S/C13H16O2/c1-11-5-7-13(10-11,14-2)8-6-12-4-3-9-15-12/h3-6,8-9H,7,10H2,1-2H3/b8-6+. The summed E-state index contributed by atoms with van der Waals surface area (Å²) < 4.78 is 10.8. The zero-order valence-corrected chi connectivity index (χ0v) is 9.19. The van der Waals surface area contributed by atoms with E-state index >= 15 is 0 Å². The minimum atomic E-state index is -0.156. The van der Waals surface area contributed by atoms with Gasteiger partial charge in [0.15, 0.2) is 0 Å². The molecule has 1 atom stereocenters. The topological polar surface area (TPSA) is 22.4 Å². The van der Waals surface area contributed by atoms with Crippen LogP contribution in [0.25, 0.3) is 6.08 Å². The fourth-order valence-electron chi connectivity index (χ4n) is 1.93. The van der Waals surface area contributed by atoms with Crippen LogP contribution in [0.5, 0.6) is 0 Å². The molecule has 0 aliphatic heterocycles. The van der Waals surface area contributed by atoms with Crippen LogP contribution in [0, 0.1) is 0 Å². The zero-order valence-electron chi connectivity index (χ0n) is 9.19. The zero-order chi connectivity index (χ0) is 10.7. The first-order chi connectivity index (χ1) is 7.24. The first kappa shape index (κ1) is 10.2. The number of furan rings is 1. The third-order valence-electron chi connectivity index (χ3n) is 2.88. The molecule has 0 fully saturated rings. The summed E-state index contributed by atoms with van der Waals surface area (Å²) in [6.07, 6.45) is 9.91. The van der Waals surface area contributed by atoms with Crippen molar-refractivity contribution in [1.29, 1.82) is 0 Å². The first-order valence-electron chi connectivity index (χ1n) is 5.18. The Kier molecular flexibility index (Phi) is 2.78. The molecule has 80 valence electrons. The lowest BCUT2D eigenvalue weighted by Gasteiger charge is -2.23. The Morgan fingerprint density at radius 2 is 2.40 bits per heavy atom. The number of ether oxygens (including phenoxy) is 1. The second-order valence-electron chi connectivity index (χ2n) is 4.05. The molecule has 0 bridgehead atoms. The predicted molar refractivity (Wildman–Crippen MR) is 60.5 cm³/mol. The van der Waals surface area contributed by atoms with E-state index in [-0.39, 0.29) is 5.60 Å². The van der Waals surface area contributed by atoms with E-state index in [9.17, 15) is 0 Å². The van der Waals surface area contributed by atoms with E-state index in [2.05, 4.69) is 19.1 Å². The Labute approximate surface area is 90.2 Å². The molecular formula is C13H16O2. The second kappa shape index (κ2) is 4.07. The fourth-order valence-corrected chi connectivity index (χ4v) is 1.93. The number of hydrogen-bond donors (Lipinski definition) is 0. The van der Waals surface area contributed by atoms with Gasteiger partial charge in [-0.1, -0.05) is 11.6 Å². The van der Waals surface area contributed by atoms with Gasteiger partial charge in [-0.25, -0.2) is 0 Å². The summed E-state index contributed by atoms with van der Waals surface area (Å²) in [7, 11) is 1.76. The maximum Gasteiger partial charge on any atom is 0.126 e. The van der Waals surface area contributed by atoms with E-state index in [4.69, 9.17) is 9.15 Å². The molecule has 1 unspecified atom stereocenters. The van der Waals surface area contributed by atoms with E-state index in [1.54, 1.807) is 13.4 Å². The van der Waals surface area contributed by atoms with Gasteiger partial charge in [-0.15, -0.1) is 0 Å². The Morgan fingerprint density at radius 3 is 2.93 bits per heavy atom. The molecule has 1 aliphatic rings. The molecule has 0 amide bonds. The fraction of sp³-hybridized carbons (Fsp3) is 0.385. The normalized spacial score (nSPS) is 26.1. The number of hydrogen-bond acceptors (Lipinski definition) is 2. The van der Waals surface area contributed by atoms with Gasteiger partial charge in [-0.2, -0.15) is 0 Å². The molecule has 0 aromatic carbocycles. The molecule has 1 aromatic rings. The van der Waals surface area contributed by atoms with Crippen LogP contribution < -0.4 is 0 Å². The monoisotopic (exact) mass is 204 g/mol.